The Hall–Kier alpha value is -3.65. The molecule has 0 spiro atoms. The van der Waals surface area contributed by atoms with Crippen LogP contribution in [0.1, 0.15) is 30.4 Å². The van der Waals surface area contributed by atoms with E-state index in [0.29, 0.717) is 5.16 Å². The van der Waals surface area contributed by atoms with Crippen LogP contribution in [0.4, 0.5) is 11.4 Å². The molecule has 0 bridgehead atoms. The zero-order chi connectivity index (χ0) is 24.9. The lowest BCUT2D eigenvalue weighted by Gasteiger charge is -2.28. The van der Waals surface area contributed by atoms with E-state index >= 15 is 0 Å². The molecule has 1 aliphatic rings. The number of amides is 1. The number of thioether (sulfide) groups is 1. The third-order valence-corrected chi connectivity index (χ3v) is 7.45. The van der Waals surface area contributed by atoms with E-state index in [-0.39, 0.29) is 11.7 Å². The maximum absolute atomic E-state index is 12.8. The Morgan fingerprint density at radius 1 is 0.889 bits per heavy atom. The molecular formula is C28H30N6OS. The van der Waals surface area contributed by atoms with Crippen molar-refractivity contribution in [3.05, 3.63) is 78.1 Å². The van der Waals surface area contributed by atoms with Gasteiger partial charge in [0, 0.05) is 42.4 Å². The number of anilines is 2. The average molecular weight is 499 g/mol. The third-order valence-electron chi connectivity index (χ3n) is 6.53. The van der Waals surface area contributed by atoms with Crippen LogP contribution in [0.25, 0.3) is 17.1 Å². The molecule has 8 heteroatoms. The number of aryl methyl sites for hydroxylation is 2. The minimum absolute atomic E-state index is 0.0779. The summed E-state index contributed by atoms with van der Waals surface area (Å²) in [6, 6.07) is 18.2. The second-order valence-corrected chi connectivity index (χ2v) is 10.0. The number of piperidine rings is 1. The topological polar surface area (TPSA) is 75.9 Å². The largest absolute Gasteiger partial charge is 0.372 e. The standard InChI is InChI=1S/C28H30N6OS/c1-20-6-9-25(18-21(20)2)34-27(22-12-14-29-15-13-22)31-32-28(34)36-19-26(35)30-23-7-10-24(11-8-23)33-16-4-3-5-17-33/h6-15,18H,3-5,16-17,19H2,1-2H3,(H,30,35). The van der Waals surface area contributed by atoms with Gasteiger partial charge in [0.15, 0.2) is 11.0 Å². The number of hydrogen-bond donors (Lipinski definition) is 1. The zero-order valence-electron chi connectivity index (χ0n) is 20.6. The van der Waals surface area contributed by atoms with Crippen LogP contribution >= 0.6 is 11.8 Å². The summed E-state index contributed by atoms with van der Waals surface area (Å²) in [6.45, 7) is 6.39. The molecule has 0 radical (unpaired) electrons. The highest BCUT2D eigenvalue weighted by Gasteiger charge is 2.18. The second kappa shape index (κ2) is 11.0. The van der Waals surface area contributed by atoms with Gasteiger partial charge in [0.2, 0.25) is 5.91 Å². The molecule has 0 unspecified atom stereocenters. The van der Waals surface area contributed by atoms with Crippen molar-refractivity contribution in [2.24, 2.45) is 0 Å². The van der Waals surface area contributed by atoms with E-state index in [1.54, 1.807) is 12.4 Å². The Kier molecular flexibility index (Phi) is 7.32. The molecule has 0 aliphatic carbocycles. The number of benzene rings is 2. The van der Waals surface area contributed by atoms with E-state index in [0.717, 1.165) is 35.9 Å². The molecule has 184 valence electrons. The third kappa shape index (κ3) is 5.44. The highest BCUT2D eigenvalue weighted by molar-refractivity contribution is 7.99. The lowest BCUT2D eigenvalue weighted by atomic mass is 10.1. The minimum Gasteiger partial charge on any atom is -0.372 e. The highest BCUT2D eigenvalue weighted by Crippen LogP contribution is 2.29. The summed E-state index contributed by atoms with van der Waals surface area (Å²) in [4.78, 5) is 19.3. The van der Waals surface area contributed by atoms with Gasteiger partial charge in [0.05, 0.1) is 11.4 Å². The summed E-state index contributed by atoms with van der Waals surface area (Å²) in [6.07, 6.45) is 7.28. The first-order chi connectivity index (χ1) is 17.6. The van der Waals surface area contributed by atoms with Crippen molar-refractivity contribution >= 4 is 29.0 Å². The van der Waals surface area contributed by atoms with Gasteiger partial charge in [-0.25, -0.2) is 0 Å². The van der Waals surface area contributed by atoms with Gasteiger partial charge in [-0.2, -0.15) is 0 Å². The quantitative estimate of drug-likeness (QED) is 0.331. The summed E-state index contributed by atoms with van der Waals surface area (Å²) >= 11 is 1.37. The minimum atomic E-state index is -0.0779. The fraction of sp³-hybridized carbons (Fsp3) is 0.286. The lowest BCUT2D eigenvalue weighted by Crippen LogP contribution is -2.29. The fourth-order valence-corrected chi connectivity index (χ4v) is 5.14. The van der Waals surface area contributed by atoms with Crippen molar-refractivity contribution in [3.63, 3.8) is 0 Å². The van der Waals surface area contributed by atoms with Crippen LogP contribution in [0.5, 0.6) is 0 Å². The van der Waals surface area contributed by atoms with Crippen LogP contribution in [0.15, 0.2) is 72.1 Å². The lowest BCUT2D eigenvalue weighted by molar-refractivity contribution is -0.113. The molecule has 2 aromatic heterocycles. The average Bonchev–Trinajstić information content (AvgIpc) is 3.34. The monoisotopic (exact) mass is 498 g/mol. The number of pyridine rings is 1. The fourth-order valence-electron chi connectivity index (χ4n) is 4.38. The number of hydrogen-bond acceptors (Lipinski definition) is 6. The van der Waals surface area contributed by atoms with Crippen LogP contribution in [0.2, 0.25) is 0 Å². The molecule has 2 aromatic carbocycles. The molecule has 4 aromatic rings. The number of carbonyl (C=O) groups excluding carboxylic acids is 1. The molecule has 1 aliphatic heterocycles. The zero-order valence-corrected chi connectivity index (χ0v) is 21.5. The van der Waals surface area contributed by atoms with Gasteiger partial charge < -0.3 is 10.2 Å². The van der Waals surface area contributed by atoms with Gasteiger partial charge in [-0.05, 0) is 92.8 Å². The number of nitrogens with one attached hydrogen (secondary N) is 1. The van der Waals surface area contributed by atoms with E-state index in [1.165, 1.54) is 47.8 Å². The van der Waals surface area contributed by atoms with Crippen molar-refractivity contribution < 1.29 is 4.79 Å². The summed E-state index contributed by atoms with van der Waals surface area (Å²) < 4.78 is 2.01. The predicted molar refractivity (Wildman–Crippen MR) is 146 cm³/mol. The van der Waals surface area contributed by atoms with Gasteiger partial charge in [-0.3, -0.25) is 14.3 Å². The van der Waals surface area contributed by atoms with E-state index < -0.39 is 0 Å². The Morgan fingerprint density at radius 3 is 2.33 bits per heavy atom. The molecule has 7 nitrogen and oxygen atoms in total. The summed E-state index contributed by atoms with van der Waals surface area (Å²) in [5, 5.41) is 12.6. The molecule has 5 rings (SSSR count). The van der Waals surface area contributed by atoms with Gasteiger partial charge in [0.1, 0.15) is 0 Å². The maximum atomic E-state index is 12.8. The van der Waals surface area contributed by atoms with Gasteiger partial charge >= 0.3 is 0 Å². The summed E-state index contributed by atoms with van der Waals surface area (Å²) in [5.74, 6) is 0.871. The Morgan fingerprint density at radius 2 is 1.61 bits per heavy atom. The highest BCUT2D eigenvalue weighted by atomic mass is 32.2. The maximum Gasteiger partial charge on any atom is 0.234 e. The normalized spacial score (nSPS) is 13.6. The van der Waals surface area contributed by atoms with Crippen molar-refractivity contribution in [1.82, 2.24) is 19.7 Å². The molecule has 1 N–H and O–H groups in total. The Bertz CT molecular complexity index is 1330. The first-order valence-electron chi connectivity index (χ1n) is 12.3. The first-order valence-corrected chi connectivity index (χ1v) is 13.3. The molecule has 0 atom stereocenters. The number of rotatable bonds is 7. The van der Waals surface area contributed by atoms with E-state index in [2.05, 4.69) is 69.6 Å². The number of aromatic nitrogens is 4. The molecule has 1 saturated heterocycles. The predicted octanol–water partition coefficient (Wildman–Crippen LogP) is 5.67. The first kappa shape index (κ1) is 24.1. The number of nitrogens with zero attached hydrogens (tertiary/aromatic N) is 5. The molecule has 3 heterocycles. The van der Waals surface area contributed by atoms with Gasteiger partial charge in [0.25, 0.3) is 0 Å². The van der Waals surface area contributed by atoms with Crippen molar-refractivity contribution in [1.29, 1.82) is 0 Å². The molecule has 36 heavy (non-hydrogen) atoms. The van der Waals surface area contributed by atoms with Crippen LogP contribution in [-0.4, -0.2) is 44.5 Å². The van der Waals surface area contributed by atoms with Crippen molar-refractivity contribution in [2.45, 2.75) is 38.3 Å². The van der Waals surface area contributed by atoms with E-state index in [1.807, 2.05) is 28.8 Å². The summed E-state index contributed by atoms with van der Waals surface area (Å²) in [7, 11) is 0. The van der Waals surface area contributed by atoms with Crippen LogP contribution in [0, 0.1) is 13.8 Å². The van der Waals surface area contributed by atoms with Crippen LogP contribution in [0.3, 0.4) is 0 Å². The van der Waals surface area contributed by atoms with E-state index in [4.69, 9.17) is 0 Å². The van der Waals surface area contributed by atoms with Crippen LogP contribution < -0.4 is 10.2 Å². The van der Waals surface area contributed by atoms with E-state index in [9.17, 15) is 4.79 Å². The molecule has 1 amide bonds. The Balaban J connectivity index is 1.31. The smallest absolute Gasteiger partial charge is 0.234 e. The number of carbonyl (C=O) groups is 1. The second-order valence-electron chi connectivity index (χ2n) is 9.08. The SMILES string of the molecule is Cc1ccc(-n2c(SCC(=O)Nc3ccc(N4CCCCC4)cc3)nnc2-c2ccncc2)cc1C. The molecular weight excluding hydrogens is 468 g/mol. The molecule has 0 saturated carbocycles. The van der Waals surface area contributed by atoms with Crippen LogP contribution in [-0.2, 0) is 4.79 Å². The van der Waals surface area contributed by atoms with Crippen molar-refractivity contribution in [2.75, 3.05) is 29.1 Å². The summed E-state index contributed by atoms with van der Waals surface area (Å²) in [5.41, 5.74) is 6.30. The van der Waals surface area contributed by atoms with Gasteiger partial charge in [-0.15, -0.1) is 10.2 Å². The van der Waals surface area contributed by atoms with Crippen molar-refractivity contribution in [3.8, 4) is 17.1 Å². The van der Waals surface area contributed by atoms with Gasteiger partial charge in [-0.1, -0.05) is 17.8 Å². The molecule has 1 fully saturated rings. The Labute approximate surface area is 216 Å².